The summed E-state index contributed by atoms with van der Waals surface area (Å²) in [7, 11) is 0. The normalized spacial score (nSPS) is 17.6. The van der Waals surface area contributed by atoms with E-state index in [2.05, 4.69) is 4.90 Å². The van der Waals surface area contributed by atoms with E-state index in [1.165, 1.54) is 0 Å². The van der Waals surface area contributed by atoms with Gasteiger partial charge in [-0.2, -0.15) is 0 Å². The quantitative estimate of drug-likeness (QED) is 0.774. The molecule has 0 radical (unpaired) electrons. The summed E-state index contributed by atoms with van der Waals surface area (Å²) < 4.78 is 12.1. The lowest BCUT2D eigenvalue weighted by molar-refractivity contribution is 0.0230. The minimum atomic E-state index is -0.294. The molecule has 2 heterocycles. The average Bonchev–Trinajstić information content (AvgIpc) is 2.68. The van der Waals surface area contributed by atoms with Gasteiger partial charge in [-0.15, -0.1) is 0 Å². The highest BCUT2D eigenvalue weighted by atomic mass is 16.5. The van der Waals surface area contributed by atoms with Crippen LogP contribution in [0, 0.1) is 0 Å². The van der Waals surface area contributed by atoms with E-state index in [1.54, 1.807) is 4.57 Å². The fourth-order valence-corrected chi connectivity index (χ4v) is 2.09. The number of ether oxygens (including phenoxy) is 1. The molecule has 0 aliphatic carbocycles. The van der Waals surface area contributed by atoms with Gasteiger partial charge in [0.1, 0.15) is 0 Å². The van der Waals surface area contributed by atoms with E-state index < -0.39 is 0 Å². The third-order valence-electron chi connectivity index (χ3n) is 3.02. The molecule has 0 saturated carbocycles. The van der Waals surface area contributed by atoms with Crippen LogP contribution in [-0.2, 0) is 11.4 Å². The Kier molecular flexibility index (Phi) is 2.70. The molecule has 1 aliphatic heterocycles. The van der Waals surface area contributed by atoms with Gasteiger partial charge in [-0.25, -0.2) is 4.79 Å². The van der Waals surface area contributed by atoms with Crippen LogP contribution in [0.15, 0.2) is 33.5 Å². The van der Waals surface area contributed by atoms with Gasteiger partial charge >= 0.3 is 5.76 Å². The second-order valence-corrected chi connectivity index (χ2v) is 4.14. The summed E-state index contributed by atoms with van der Waals surface area (Å²) in [5.41, 5.74) is 1.50. The molecule has 5 heteroatoms. The number of hydrogen-bond acceptors (Lipinski definition) is 4. The summed E-state index contributed by atoms with van der Waals surface area (Å²) in [6, 6.07) is 7.49. The minimum absolute atomic E-state index is 0.294. The first kappa shape index (κ1) is 10.6. The van der Waals surface area contributed by atoms with Crippen molar-refractivity contribution in [3.05, 3.63) is 34.8 Å². The Morgan fingerprint density at radius 2 is 1.94 bits per heavy atom. The lowest BCUT2D eigenvalue weighted by Gasteiger charge is -2.26. The number of morpholine rings is 1. The molecule has 0 amide bonds. The fraction of sp³-hybridized carbons (Fsp3) is 0.417. The van der Waals surface area contributed by atoms with Crippen LogP contribution in [0.25, 0.3) is 11.1 Å². The summed E-state index contributed by atoms with van der Waals surface area (Å²) in [4.78, 5) is 13.9. The summed E-state index contributed by atoms with van der Waals surface area (Å²) >= 11 is 0. The first-order valence-corrected chi connectivity index (χ1v) is 5.73. The predicted octanol–water partition coefficient (Wildman–Crippen LogP) is 0.884. The maximum Gasteiger partial charge on any atom is 0.421 e. The number of rotatable bonds is 2. The van der Waals surface area contributed by atoms with E-state index >= 15 is 0 Å². The topological polar surface area (TPSA) is 47.6 Å². The highest BCUT2D eigenvalue weighted by Crippen LogP contribution is 2.12. The maximum atomic E-state index is 11.8. The number of hydrogen-bond donors (Lipinski definition) is 0. The van der Waals surface area contributed by atoms with Crippen LogP contribution in [0.2, 0.25) is 0 Å². The summed E-state index contributed by atoms with van der Waals surface area (Å²) in [5, 5.41) is 0. The molecule has 2 aromatic rings. The highest BCUT2D eigenvalue weighted by Gasteiger charge is 2.14. The smallest absolute Gasteiger partial charge is 0.408 e. The molecular weight excluding hydrogens is 220 g/mol. The Morgan fingerprint density at radius 3 is 2.76 bits per heavy atom. The van der Waals surface area contributed by atoms with Gasteiger partial charge in [0.25, 0.3) is 0 Å². The highest BCUT2D eigenvalue weighted by molar-refractivity contribution is 5.72. The molecule has 3 rings (SSSR count). The molecule has 0 N–H and O–H groups in total. The largest absolute Gasteiger partial charge is 0.421 e. The monoisotopic (exact) mass is 234 g/mol. The van der Waals surface area contributed by atoms with Gasteiger partial charge in [-0.05, 0) is 12.1 Å². The van der Waals surface area contributed by atoms with Gasteiger partial charge in [-0.1, -0.05) is 12.1 Å². The molecule has 1 aromatic carbocycles. The standard InChI is InChI=1S/C12H14N2O3/c15-12-14(9-13-5-7-16-8-6-13)10-3-1-2-4-11(10)17-12/h1-4H,5-9H2. The van der Waals surface area contributed by atoms with Crippen molar-refractivity contribution in [2.45, 2.75) is 6.67 Å². The predicted molar refractivity (Wildman–Crippen MR) is 62.9 cm³/mol. The minimum Gasteiger partial charge on any atom is -0.408 e. The zero-order valence-corrected chi connectivity index (χ0v) is 9.46. The summed E-state index contributed by atoms with van der Waals surface area (Å²) in [5.74, 6) is -0.294. The number of para-hydroxylation sites is 2. The van der Waals surface area contributed by atoms with Crippen molar-refractivity contribution in [1.82, 2.24) is 9.47 Å². The van der Waals surface area contributed by atoms with Gasteiger partial charge in [0.15, 0.2) is 5.58 Å². The molecular formula is C12H14N2O3. The molecule has 0 spiro atoms. The van der Waals surface area contributed by atoms with Gasteiger partial charge in [0, 0.05) is 13.1 Å². The van der Waals surface area contributed by atoms with E-state index in [9.17, 15) is 4.79 Å². The molecule has 0 unspecified atom stereocenters. The van der Waals surface area contributed by atoms with Crippen molar-refractivity contribution >= 4 is 11.1 Å². The average molecular weight is 234 g/mol. The van der Waals surface area contributed by atoms with Crippen LogP contribution >= 0.6 is 0 Å². The van der Waals surface area contributed by atoms with Gasteiger partial charge < -0.3 is 9.15 Å². The molecule has 1 aliphatic rings. The van der Waals surface area contributed by atoms with Crippen LogP contribution in [0.1, 0.15) is 0 Å². The van der Waals surface area contributed by atoms with E-state index in [1.807, 2.05) is 24.3 Å². The van der Waals surface area contributed by atoms with Crippen molar-refractivity contribution < 1.29 is 9.15 Å². The number of nitrogens with zero attached hydrogens (tertiary/aromatic N) is 2. The maximum absolute atomic E-state index is 11.8. The second-order valence-electron chi connectivity index (χ2n) is 4.14. The van der Waals surface area contributed by atoms with Crippen molar-refractivity contribution in [3.63, 3.8) is 0 Å². The van der Waals surface area contributed by atoms with E-state index in [-0.39, 0.29) is 5.76 Å². The first-order valence-electron chi connectivity index (χ1n) is 5.73. The van der Waals surface area contributed by atoms with E-state index in [0.29, 0.717) is 12.3 Å². The van der Waals surface area contributed by atoms with E-state index in [4.69, 9.17) is 9.15 Å². The first-order chi connectivity index (χ1) is 8.34. The number of oxazole rings is 1. The van der Waals surface area contributed by atoms with Gasteiger partial charge in [-0.3, -0.25) is 9.47 Å². The Bertz CT molecular complexity index is 566. The zero-order valence-electron chi connectivity index (χ0n) is 9.46. The van der Waals surface area contributed by atoms with Crippen molar-refractivity contribution in [2.24, 2.45) is 0 Å². The number of fused-ring (bicyclic) bond motifs is 1. The van der Waals surface area contributed by atoms with Crippen molar-refractivity contribution in [1.29, 1.82) is 0 Å². The Balaban J connectivity index is 1.93. The van der Waals surface area contributed by atoms with Gasteiger partial charge in [0.05, 0.1) is 25.4 Å². The van der Waals surface area contributed by atoms with Crippen molar-refractivity contribution in [2.75, 3.05) is 26.3 Å². The van der Waals surface area contributed by atoms with Crippen LogP contribution < -0.4 is 5.76 Å². The van der Waals surface area contributed by atoms with E-state index in [0.717, 1.165) is 31.8 Å². The lowest BCUT2D eigenvalue weighted by Crippen LogP contribution is -2.39. The van der Waals surface area contributed by atoms with Crippen molar-refractivity contribution in [3.8, 4) is 0 Å². The lowest BCUT2D eigenvalue weighted by atomic mass is 10.3. The molecule has 1 fully saturated rings. The molecule has 90 valence electrons. The Labute approximate surface area is 98.2 Å². The molecule has 0 atom stereocenters. The second kappa shape index (κ2) is 4.35. The SMILES string of the molecule is O=c1oc2ccccc2n1CN1CCOCC1. The van der Waals surface area contributed by atoms with Gasteiger partial charge in [0.2, 0.25) is 0 Å². The Hall–Kier alpha value is -1.59. The molecule has 1 aromatic heterocycles. The third-order valence-corrected chi connectivity index (χ3v) is 3.02. The molecule has 5 nitrogen and oxygen atoms in total. The number of benzene rings is 1. The fourth-order valence-electron chi connectivity index (χ4n) is 2.09. The zero-order chi connectivity index (χ0) is 11.7. The third kappa shape index (κ3) is 1.99. The van der Waals surface area contributed by atoms with Crippen LogP contribution in [0.3, 0.4) is 0 Å². The summed E-state index contributed by atoms with van der Waals surface area (Å²) in [6.45, 7) is 3.73. The summed E-state index contributed by atoms with van der Waals surface area (Å²) in [6.07, 6.45) is 0. The Morgan fingerprint density at radius 1 is 1.18 bits per heavy atom. The molecule has 17 heavy (non-hydrogen) atoms. The van der Waals surface area contributed by atoms with Crippen LogP contribution in [-0.4, -0.2) is 35.8 Å². The number of aromatic nitrogens is 1. The molecule has 1 saturated heterocycles. The molecule has 0 bridgehead atoms. The van der Waals surface area contributed by atoms with Crippen LogP contribution in [0.5, 0.6) is 0 Å². The van der Waals surface area contributed by atoms with Crippen LogP contribution in [0.4, 0.5) is 0 Å².